The highest BCUT2D eigenvalue weighted by atomic mass is 35.5. The van der Waals surface area contributed by atoms with Crippen LogP contribution in [0, 0.1) is 0 Å². The van der Waals surface area contributed by atoms with E-state index < -0.39 is 10.0 Å². The largest absolute Gasteiger partial charge is 0.340 e. The minimum Gasteiger partial charge on any atom is -0.340 e. The van der Waals surface area contributed by atoms with Crippen molar-refractivity contribution in [1.29, 1.82) is 0 Å². The summed E-state index contributed by atoms with van der Waals surface area (Å²) in [6.07, 6.45) is 3.32. The second kappa shape index (κ2) is 7.38. The highest BCUT2D eigenvalue weighted by Gasteiger charge is 2.17. The van der Waals surface area contributed by atoms with Gasteiger partial charge in [0.2, 0.25) is 5.28 Å². The number of imidazole rings is 1. The fourth-order valence-corrected chi connectivity index (χ4v) is 5.19. The number of rotatable bonds is 4. The Labute approximate surface area is 190 Å². The SMILES string of the molecule is O=S(=O)(Nc1ccc2c(ccn2-c2nc(Cl)nc3nc[nH]c23)c1)c1cc(Cl)cc(Cl)c1. The molecule has 31 heavy (non-hydrogen) atoms. The van der Waals surface area contributed by atoms with E-state index in [1.807, 2.05) is 10.6 Å². The van der Waals surface area contributed by atoms with E-state index in [1.165, 1.54) is 24.5 Å². The summed E-state index contributed by atoms with van der Waals surface area (Å²) in [7, 11) is -3.88. The minimum atomic E-state index is -3.88. The average Bonchev–Trinajstić information content (AvgIpc) is 3.32. The minimum absolute atomic E-state index is 0.0278. The van der Waals surface area contributed by atoms with E-state index in [-0.39, 0.29) is 20.2 Å². The van der Waals surface area contributed by atoms with Gasteiger partial charge in [-0.1, -0.05) is 23.2 Å². The van der Waals surface area contributed by atoms with Crippen molar-refractivity contribution < 1.29 is 8.42 Å². The summed E-state index contributed by atoms with van der Waals surface area (Å²) in [5.41, 5.74) is 2.25. The number of aromatic nitrogens is 5. The molecule has 12 heteroatoms. The third-order valence-corrected chi connectivity index (χ3v) is 6.52. The molecule has 0 amide bonds. The fraction of sp³-hybridized carbons (Fsp3) is 0. The van der Waals surface area contributed by atoms with E-state index in [9.17, 15) is 8.42 Å². The zero-order chi connectivity index (χ0) is 21.8. The van der Waals surface area contributed by atoms with Crippen molar-refractivity contribution in [3.8, 4) is 5.82 Å². The van der Waals surface area contributed by atoms with Crippen molar-refractivity contribution in [3.05, 3.63) is 70.3 Å². The Morgan fingerprint density at radius 2 is 1.74 bits per heavy atom. The van der Waals surface area contributed by atoms with Crippen molar-refractivity contribution in [2.75, 3.05) is 4.72 Å². The highest BCUT2D eigenvalue weighted by molar-refractivity contribution is 7.92. The molecule has 8 nitrogen and oxygen atoms in total. The second-order valence-corrected chi connectivity index (χ2v) is 9.48. The number of halogens is 3. The molecule has 156 valence electrons. The van der Waals surface area contributed by atoms with Gasteiger partial charge in [-0.05, 0) is 54.1 Å². The lowest BCUT2D eigenvalue weighted by molar-refractivity contribution is 0.601. The lowest BCUT2D eigenvalue weighted by atomic mass is 10.2. The Morgan fingerprint density at radius 1 is 0.968 bits per heavy atom. The summed E-state index contributed by atoms with van der Waals surface area (Å²) in [6.45, 7) is 0. The van der Waals surface area contributed by atoms with E-state index in [4.69, 9.17) is 34.8 Å². The first-order chi connectivity index (χ1) is 14.8. The van der Waals surface area contributed by atoms with E-state index in [0.717, 1.165) is 10.9 Å². The molecule has 5 aromatic rings. The molecule has 0 unspecified atom stereocenters. The van der Waals surface area contributed by atoms with Crippen molar-refractivity contribution >= 4 is 72.6 Å². The number of nitrogens with one attached hydrogen (secondary N) is 2. The predicted octanol–water partition coefficient (Wildman–Crippen LogP) is 5.06. The monoisotopic (exact) mass is 492 g/mol. The number of benzene rings is 2. The van der Waals surface area contributed by atoms with Gasteiger partial charge in [0.25, 0.3) is 10.0 Å². The van der Waals surface area contributed by atoms with E-state index >= 15 is 0 Å². The summed E-state index contributed by atoms with van der Waals surface area (Å²) >= 11 is 17.9. The van der Waals surface area contributed by atoms with Crippen LogP contribution in [-0.4, -0.2) is 32.9 Å². The van der Waals surface area contributed by atoms with E-state index in [0.29, 0.717) is 22.7 Å². The zero-order valence-electron chi connectivity index (χ0n) is 15.3. The maximum Gasteiger partial charge on any atom is 0.261 e. The third kappa shape index (κ3) is 3.70. The van der Waals surface area contributed by atoms with Crippen LogP contribution < -0.4 is 4.72 Å². The van der Waals surface area contributed by atoms with Gasteiger partial charge in [0.1, 0.15) is 5.52 Å². The number of anilines is 1. The Kier molecular flexibility index (Phi) is 4.78. The molecule has 0 spiro atoms. The zero-order valence-corrected chi connectivity index (χ0v) is 18.4. The van der Waals surface area contributed by atoms with E-state index in [2.05, 4.69) is 24.7 Å². The molecule has 0 aliphatic rings. The van der Waals surface area contributed by atoms with Gasteiger partial charge in [0.05, 0.1) is 16.7 Å². The molecule has 3 aromatic heterocycles. The van der Waals surface area contributed by atoms with Crippen LogP contribution in [0.2, 0.25) is 15.3 Å². The molecule has 0 saturated carbocycles. The van der Waals surface area contributed by atoms with Crippen molar-refractivity contribution in [2.24, 2.45) is 0 Å². The first-order valence-corrected chi connectivity index (χ1v) is 11.4. The molecule has 0 fully saturated rings. The van der Waals surface area contributed by atoms with Crippen molar-refractivity contribution in [1.82, 2.24) is 24.5 Å². The summed E-state index contributed by atoms with van der Waals surface area (Å²) in [5.74, 6) is 0.532. The molecule has 0 aliphatic heterocycles. The number of fused-ring (bicyclic) bond motifs is 2. The van der Waals surface area contributed by atoms with Crippen LogP contribution in [0.15, 0.2) is 59.9 Å². The predicted molar refractivity (Wildman–Crippen MR) is 121 cm³/mol. The Hall–Kier alpha value is -2.85. The van der Waals surface area contributed by atoms with Gasteiger partial charge < -0.3 is 4.98 Å². The van der Waals surface area contributed by atoms with Crippen LogP contribution in [0.1, 0.15) is 0 Å². The Morgan fingerprint density at radius 3 is 2.52 bits per heavy atom. The summed E-state index contributed by atoms with van der Waals surface area (Å²) in [6, 6.07) is 11.1. The first-order valence-electron chi connectivity index (χ1n) is 8.77. The highest BCUT2D eigenvalue weighted by Crippen LogP contribution is 2.28. The lowest BCUT2D eigenvalue weighted by Crippen LogP contribution is -2.13. The van der Waals surface area contributed by atoms with Crippen LogP contribution in [0.3, 0.4) is 0 Å². The van der Waals surface area contributed by atoms with Gasteiger partial charge in [-0.15, -0.1) is 0 Å². The summed E-state index contributed by atoms with van der Waals surface area (Å²) in [4.78, 5) is 15.5. The number of sulfonamides is 1. The molecular formula is C19H11Cl3N6O2S. The first kappa shape index (κ1) is 20.1. The number of nitrogens with zero attached hydrogens (tertiary/aromatic N) is 4. The molecule has 2 N–H and O–H groups in total. The Balaban J connectivity index is 1.54. The summed E-state index contributed by atoms with van der Waals surface area (Å²) < 4.78 is 29.9. The molecule has 0 atom stereocenters. The average molecular weight is 494 g/mol. The number of hydrogen-bond donors (Lipinski definition) is 2. The summed E-state index contributed by atoms with van der Waals surface area (Å²) in [5, 5.41) is 1.32. The van der Waals surface area contributed by atoms with Crippen LogP contribution in [0.25, 0.3) is 27.9 Å². The topological polar surface area (TPSA) is 106 Å². The van der Waals surface area contributed by atoms with Crippen LogP contribution in [0.5, 0.6) is 0 Å². The van der Waals surface area contributed by atoms with Crippen LogP contribution in [0.4, 0.5) is 5.69 Å². The van der Waals surface area contributed by atoms with E-state index in [1.54, 1.807) is 24.4 Å². The second-order valence-electron chi connectivity index (χ2n) is 6.59. The lowest BCUT2D eigenvalue weighted by Gasteiger charge is -2.10. The molecular weight excluding hydrogens is 483 g/mol. The van der Waals surface area contributed by atoms with Crippen LogP contribution in [-0.2, 0) is 10.0 Å². The molecule has 3 heterocycles. The number of aromatic amines is 1. The van der Waals surface area contributed by atoms with Gasteiger partial charge in [-0.2, -0.15) is 9.97 Å². The van der Waals surface area contributed by atoms with Gasteiger partial charge in [-0.3, -0.25) is 9.29 Å². The van der Waals surface area contributed by atoms with Gasteiger partial charge >= 0.3 is 0 Å². The van der Waals surface area contributed by atoms with Crippen molar-refractivity contribution in [3.63, 3.8) is 0 Å². The third-order valence-electron chi connectivity index (χ3n) is 4.56. The molecule has 5 rings (SSSR count). The molecule has 0 radical (unpaired) electrons. The Bertz CT molecular complexity index is 1560. The van der Waals surface area contributed by atoms with Crippen molar-refractivity contribution in [2.45, 2.75) is 4.90 Å². The van der Waals surface area contributed by atoms with Gasteiger partial charge in [0.15, 0.2) is 11.5 Å². The van der Waals surface area contributed by atoms with Crippen LogP contribution >= 0.6 is 34.8 Å². The molecule has 2 aromatic carbocycles. The van der Waals surface area contributed by atoms with Gasteiger partial charge in [0, 0.05) is 27.3 Å². The number of hydrogen-bond acceptors (Lipinski definition) is 5. The normalized spacial score (nSPS) is 12.0. The van der Waals surface area contributed by atoms with Gasteiger partial charge in [-0.25, -0.2) is 13.4 Å². The number of H-pyrrole nitrogens is 1. The fourth-order valence-electron chi connectivity index (χ4n) is 3.25. The maximum absolute atomic E-state index is 12.7. The standard InChI is InChI=1S/C19H11Cl3N6O2S/c20-11-6-12(21)8-14(7-11)31(29,30)27-13-1-2-15-10(5-13)3-4-28(15)18-16-17(24-9-23-16)25-19(22)26-18/h1-9,27H,(H,23,24,25,26). The smallest absolute Gasteiger partial charge is 0.261 e. The molecule has 0 aliphatic carbocycles. The maximum atomic E-state index is 12.7. The quantitative estimate of drug-likeness (QED) is 0.341. The molecule has 0 bridgehead atoms. The molecule has 0 saturated heterocycles.